The van der Waals surface area contributed by atoms with Crippen LogP contribution < -0.4 is 15.6 Å². The third kappa shape index (κ3) is 2.52. The average molecular weight is 272 g/mol. The molecule has 1 aromatic carbocycles. The number of aromatic amines is 1. The molecule has 0 unspecified atom stereocenters. The topological polar surface area (TPSA) is 71.2 Å². The fourth-order valence-corrected chi connectivity index (χ4v) is 2.16. The maximum atomic E-state index is 12.0. The second kappa shape index (κ2) is 5.00. The minimum Gasteiger partial charge on any atom is -0.497 e. The Morgan fingerprint density at radius 1 is 1.40 bits per heavy atom. The Hall–Kier alpha value is -2.30. The van der Waals surface area contributed by atoms with E-state index in [-0.39, 0.29) is 23.9 Å². The second-order valence-electron chi connectivity index (χ2n) is 5.07. The Balaban J connectivity index is 1.85. The maximum Gasteiger partial charge on any atom is 0.253 e. The first-order valence-electron chi connectivity index (χ1n) is 6.65. The number of carbonyl (C=O) groups is 1. The molecule has 1 fully saturated rings. The number of methoxy groups -OCH3 is 1. The lowest BCUT2D eigenvalue weighted by molar-refractivity contribution is -0.122. The Kier molecular flexibility index (Phi) is 3.18. The molecule has 0 bridgehead atoms. The number of amides is 1. The van der Waals surface area contributed by atoms with Crippen LogP contribution in [0.3, 0.4) is 0 Å². The lowest BCUT2D eigenvalue weighted by atomic mass is 10.1. The number of fused-ring (bicyclic) bond motifs is 1. The zero-order valence-corrected chi connectivity index (χ0v) is 11.2. The van der Waals surface area contributed by atoms with Crippen molar-refractivity contribution in [1.29, 1.82) is 0 Å². The number of H-pyrrole nitrogens is 1. The van der Waals surface area contributed by atoms with Crippen LogP contribution in [-0.2, 0) is 11.3 Å². The summed E-state index contributed by atoms with van der Waals surface area (Å²) in [7, 11) is 1.58. The van der Waals surface area contributed by atoms with Crippen LogP contribution in [0.5, 0.6) is 5.75 Å². The number of aromatic nitrogens is 1. The summed E-state index contributed by atoms with van der Waals surface area (Å²) in [4.78, 5) is 26.4. The molecular formula is C15H16N2O3. The van der Waals surface area contributed by atoms with Crippen LogP contribution in [0.25, 0.3) is 10.9 Å². The summed E-state index contributed by atoms with van der Waals surface area (Å²) in [5.41, 5.74) is 1.12. The van der Waals surface area contributed by atoms with Crippen LogP contribution in [0.1, 0.15) is 18.4 Å². The van der Waals surface area contributed by atoms with Crippen LogP contribution in [0.15, 0.2) is 29.1 Å². The molecule has 0 atom stereocenters. The Labute approximate surface area is 116 Å². The smallest absolute Gasteiger partial charge is 0.253 e. The number of rotatable bonds is 4. The molecule has 1 heterocycles. The van der Waals surface area contributed by atoms with Crippen molar-refractivity contribution >= 4 is 16.8 Å². The molecule has 2 N–H and O–H groups in total. The van der Waals surface area contributed by atoms with Crippen molar-refractivity contribution in [3.63, 3.8) is 0 Å². The molecule has 5 heteroatoms. The minimum atomic E-state index is -0.179. The van der Waals surface area contributed by atoms with Gasteiger partial charge in [0.1, 0.15) is 5.75 Å². The monoisotopic (exact) mass is 272 g/mol. The molecule has 0 spiro atoms. The van der Waals surface area contributed by atoms with E-state index in [4.69, 9.17) is 4.74 Å². The third-order valence-electron chi connectivity index (χ3n) is 3.53. The summed E-state index contributed by atoms with van der Waals surface area (Å²) in [5.74, 6) is 0.890. The van der Waals surface area contributed by atoms with Crippen molar-refractivity contribution in [2.24, 2.45) is 5.92 Å². The van der Waals surface area contributed by atoms with E-state index < -0.39 is 0 Å². The molecule has 3 rings (SSSR count). The number of benzene rings is 1. The van der Waals surface area contributed by atoms with Gasteiger partial charge in [0.25, 0.3) is 5.56 Å². The molecule has 1 saturated carbocycles. The van der Waals surface area contributed by atoms with Crippen LogP contribution in [0.2, 0.25) is 0 Å². The largest absolute Gasteiger partial charge is 0.497 e. The molecule has 2 aromatic rings. The first-order valence-corrected chi connectivity index (χ1v) is 6.65. The van der Waals surface area contributed by atoms with E-state index in [1.54, 1.807) is 19.2 Å². The summed E-state index contributed by atoms with van der Waals surface area (Å²) in [6.45, 7) is 0.270. The summed E-state index contributed by atoms with van der Waals surface area (Å²) in [6.07, 6.45) is 1.92. The average Bonchev–Trinajstić information content (AvgIpc) is 3.28. The lowest BCUT2D eigenvalue weighted by Gasteiger charge is -2.06. The third-order valence-corrected chi connectivity index (χ3v) is 3.53. The highest BCUT2D eigenvalue weighted by molar-refractivity contribution is 5.82. The van der Waals surface area contributed by atoms with Gasteiger partial charge in [0.15, 0.2) is 0 Å². The normalized spacial score (nSPS) is 14.2. The molecule has 0 radical (unpaired) electrons. The lowest BCUT2D eigenvalue weighted by Crippen LogP contribution is -2.27. The zero-order valence-electron chi connectivity index (χ0n) is 11.2. The van der Waals surface area contributed by atoms with Gasteiger partial charge in [-0.3, -0.25) is 9.59 Å². The van der Waals surface area contributed by atoms with Gasteiger partial charge in [-0.1, -0.05) is 0 Å². The van der Waals surface area contributed by atoms with E-state index in [1.165, 1.54) is 0 Å². The second-order valence-corrected chi connectivity index (χ2v) is 5.07. The molecule has 5 nitrogen and oxygen atoms in total. The highest BCUT2D eigenvalue weighted by Gasteiger charge is 2.29. The van der Waals surface area contributed by atoms with Crippen molar-refractivity contribution in [1.82, 2.24) is 10.3 Å². The first kappa shape index (κ1) is 12.7. The summed E-state index contributed by atoms with van der Waals surface area (Å²) in [6, 6.07) is 7.31. The zero-order chi connectivity index (χ0) is 14.1. The molecular weight excluding hydrogens is 256 g/mol. The van der Waals surface area contributed by atoms with Crippen molar-refractivity contribution in [3.8, 4) is 5.75 Å². The van der Waals surface area contributed by atoms with E-state index in [0.717, 1.165) is 23.7 Å². The van der Waals surface area contributed by atoms with Gasteiger partial charge in [-0.15, -0.1) is 0 Å². The van der Waals surface area contributed by atoms with Gasteiger partial charge in [-0.2, -0.15) is 0 Å². The van der Waals surface area contributed by atoms with E-state index in [1.807, 2.05) is 12.1 Å². The van der Waals surface area contributed by atoms with Crippen molar-refractivity contribution in [2.45, 2.75) is 19.4 Å². The Morgan fingerprint density at radius 3 is 2.90 bits per heavy atom. The molecule has 1 aliphatic carbocycles. The molecule has 20 heavy (non-hydrogen) atoms. The standard InChI is InChI=1S/C15H16N2O3/c1-20-12-5-4-10-6-11(15(19)17-13(10)7-12)8-16-14(18)9-2-3-9/h4-7,9H,2-3,8H2,1H3,(H,16,18)(H,17,19). The van der Waals surface area contributed by atoms with Gasteiger partial charge < -0.3 is 15.0 Å². The van der Waals surface area contributed by atoms with Gasteiger partial charge >= 0.3 is 0 Å². The number of hydrogen-bond acceptors (Lipinski definition) is 3. The van der Waals surface area contributed by atoms with Crippen LogP contribution in [-0.4, -0.2) is 18.0 Å². The number of carbonyl (C=O) groups excluding carboxylic acids is 1. The number of hydrogen-bond donors (Lipinski definition) is 2. The van der Waals surface area contributed by atoms with Gasteiger partial charge in [-0.25, -0.2) is 0 Å². The number of ether oxygens (including phenoxy) is 1. The summed E-state index contributed by atoms with van der Waals surface area (Å²) >= 11 is 0. The predicted molar refractivity (Wildman–Crippen MR) is 75.7 cm³/mol. The first-order chi connectivity index (χ1) is 9.67. The van der Waals surface area contributed by atoms with E-state index in [2.05, 4.69) is 10.3 Å². The molecule has 1 amide bonds. The molecule has 0 saturated heterocycles. The Bertz CT molecular complexity index is 717. The fourth-order valence-electron chi connectivity index (χ4n) is 2.16. The summed E-state index contributed by atoms with van der Waals surface area (Å²) in [5, 5.41) is 3.72. The molecule has 1 aromatic heterocycles. The highest BCUT2D eigenvalue weighted by Crippen LogP contribution is 2.28. The van der Waals surface area contributed by atoms with Crippen molar-refractivity contribution in [2.75, 3.05) is 7.11 Å². The van der Waals surface area contributed by atoms with Gasteiger partial charge in [-0.05, 0) is 36.4 Å². The Morgan fingerprint density at radius 2 is 2.20 bits per heavy atom. The molecule has 1 aliphatic rings. The van der Waals surface area contributed by atoms with E-state index in [0.29, 0.717) is 11.3 Å². The predicted octanol–water partition coefficient (Wildman–Crippen LogP) is 1.56. The van der Waals surface area contributed by atoms with Crippen molar-refractivity contribution in [3.05, 3.63) is 40.2 Å². The summed E-state index contributed by atoms with van der Waals surface area (Å²) < 4.78 is 5.13. The van der Waals surface area contributed by atoms with E-state index in [9.17, 15) is 9.59 Å². The molecule has 0 aliphatic heterocycles. The number of nitrogens with one attached hydrogen (secondary N) is 2. The van der Waals surface area contributed by atoms with Crippen LogP contribution in [0, 0.1) is 5.92 Å². The minimum absolute atomic E-state index is 0.0410. The quantitative estimate of drug-likeness (QED) is 0.887. The van der Waals surface area contributed by atoms with Crippen molar-refractivity contribution < 1.29 is 9.53 Å². The van der Waals surface area contributed by atoms with Gasteiger partial charge in [0, 0.05) is 24.1 Å². The van der Waals surface area contributed by atoms with Crippen LogP contribution in [0.4, 0.5) is 0 Å². The maximum absolute atomic E-state index is 12.0. The van der Waals surface area contributed by atoms with Gasteiger partial charge in [0.05, 0.1) is 12.6 Å². The van der Waals surface area contributed by atoms with Crippen LogP contribution >= 0.6 is 0 Å². The van der Waals surface area contributed by atoms with Gasteiger partial charge in [0.2, 0.25) is 5.91 Å². The SMILES string of the molecule is COc1ccc2cc(CNC(=O)C3CC3)c(=O)[nH]c2c1. The highest BCUT2D eigenvalue weighted by atomic mass is 16.5. The van der Waals surface area contributed by atoms with E-state index >= 15 is 0 Å². The molecule has 104 valence electrons. The fraction of sp³-hybridized carbons (Fsp3) is 0.333. The number of pyridine rings is 1.